The van der Waals surface area contributed by atoms with E-state index in [1.807, 2.05) is 0 Å². The standard InChI is InChI=1S/C22H15ClF3N7O2S/c1-11(32-19(34)16-6-15(30-10-31-16)12-3-2-4-27-7-12)21-29-9-17(36-21)20(35)33-18-5-13(22(24,25)26)14(23)8-28-18/h2-11H,1H3,(H,32,34)(H,28,33,35)/t11-/m1/s1. The van der Waals surface area contributed by atoms with E-state index in [1.54, 1.807) is 31.5 Å². The second-order valence-corrected chi connectivity index (χ2v) is 8.76. The van der Waals surface area contributed by atoms with Crippen LogP contribution in [-0.2, 0) is 6.18 Å². The van der Waals surface area contributed by atoms with Gasteiger partial charge in [-0.25, -0.2) is 19.9 Å². The second kappa shape index (κ2) is 10.3. The van der Waals surface area contributed by atoms with Crippen LogP contribution in [0.5, 0.6) is 0 Å². The first-order valence-corrected chi connectivity index (χ1v) is 11.3. The number of rotatable bonds is 6. The quantitative estimate of drug-likeness (QED) is 0.365. The lowest BCUT2D eigenvalue weighted by atomic mass is 10.2. The normalized spacial score (nSPS) is 12.1. The monoisotopic (exact) mass is 533 g/mol. The molecule has 4 aromatic heterocycles. The van der Waals surface area contributed by atoms with E-state index in [9.17, 15) is 22.8 Å². The minimum atomic E-state index is -4.70. The van der Waals surface area contributed by atoms with Crippen LogP contribution in [0, 0.1) is 0 Å². The van der Waals surface area contributed by atoms with Gasteiger partial charge in [-0.2, -0.15) is 13.2 Å². The van der Waals surface area contributed by atoms with Gasteiger partial charge in [0, 0.05) is 24.2 Å². The maximum absolute atomic E-state index is 13.0. The average molecular weight is 534 g/mol. The Kier molecular flexibility index (Phi) is 7.22. The molecule has 14 heteroatoms. The Hall–Kier alpha value is -3.97. The molecule has 4 rings (SSSR count). The van der Waals surface area contributed by atoms with Gasteiger partial charge < -0.3 is 10.6 Å². The van der Waals surface area contributed by atoms with Crippen LogP contribution in [-0.4, -0.2) is 36.7 Å². The number of alkyl halides is 3. The molecule has 2 N–H and O–H groups in total. The van der Waals surface area contributed by atoms with E-state index in [4.69, 9.17) is 11.6 Å². The van der Waals surface area contributed by atoms with Crippen molar-refractivity contribution in [2.75, 3.05) is 5.32 Å². The SMILES string of the molecule is C[C@@H](NC(=O)c1cc(-c2cccnc2)ncn1)c1ncc(C(=O)Nc2cc(C(F)(F)F)c(Cl)cn2)s1. The highest BCUT2D eigenvalue weighted by Crippen LogP contribution is 2.35. The summed E-state index contributed by atoms with van der Waals surface area (Å²) in [6.07, 6.45) is 1.86. The van der Waals surface area contributed by atoms with Crippen LogP contribution < -0.4 is 10.6 Å². The van der Waals surface area contributed by atoms with Crippen molar-refractivity contribution in [3.63, 3.8) is 0 Å². The first-order valence-electron chi connectivity index (χ1n) is 10.1. The lowest BCUT2D eigenvalue weighted by molar-refractivity contribution is -0.137. The van der Waals surface area contributed by atoms with Crippen molar-refractivity contribution >= 4 is 40.6 Å². The zero-order valence-corrected chi connectivity index (χ0v) is 19.8. The van der Waals surface area contributed by atoms with Crippen molar-refractivity contribution < 1.29 is 22.8 Å². The lowest BCUT2D eigenvalue weighted by Gasteiger charge is -2.11. The van der Waals surface area contributed by atoms with Crippen LogP contribution in [0.3, 0.4) is 0 Å². The highest BCUT2D eigenvalue weighted by molar-refractivity contribution is 7.13. The lowest BCUT2D eigenvalue weighted by Crippen LogP contribution is -2.27. The molecular weight excluding hydrogens is 519 g/mol. The number of anilines is 1. The van der Waals surface area contributed by atoms with Gasteiger partial charge in [-0.05, 0) is 31.2 Å². The molecular formula is C22H15ClF3N7O2S. The van der Waals surface area contributed by atoms with Gasteiger partial charge in [0.25, 0.3) is 11.8 Å². The van der Waals surface area contributed by atoms with Gasteiger partial charge in [0.15, 0.2) is 0 Å². The third-order valence-corrected chi connectivity index (χ3v) is 6.20. The van der Waals surface area contributed by atoms with Crippen LogP contribution in [0.15, 0.2) is 55.4 Å². The topological polar surface area (TPSA) is 123 Å². The van der Waals surface area contributed by atoms with E-state index in [0.29, 0.717) is 16.8 Å². The van der Waals surface area contributed by atoms with E-state index < -0.39 is 34.6 Å². The fourth-order valence-corrected chi connectivity index (χ4v) is 4.01. The highest BCUT2D eigenvalue weighted by Gasteiger charge is 2.34. The maximum atomic E-state index is 13.0. The summed E-state index contributed by atoms with van der Waals surface area (Å²) in [7, 11) is 0. The summed E-state index contributed by atoms with van der Waals surface area (Å²) in [6.45, 7) is 1.66. The van der Waals surface area contributed by atoms with Gasteiger partial charge in [0.05, 0.1) is 28.5 Å². The van der Waals surface area contributed by atoms with Gasteiger partial charge in [0.2, 0.25) is 0 Å². The summed E-state index contributed by atoms with van der Waals surface area (Å²) >= 11 is 6.51. The molecule has 0 saturated heterocycles. The van der Waals surface area contributed by atoms with Crippen LogP contribution in [0.1, 0.15) is 43.7 Å². The minimum absolute atomic E-state index is 0.109. The second-order valence-electron chi connectivity index (χ2n) is 7.29. The minimum Gasteiger partial charge on any atom is -0.342 e. The fourth-order valence-electron chi connectivity index (χ4n) is 2.98. The number of carbonyl (C=O) groups is 2. The van der Waals surface area contributed by atoms with Crippen LogP contribution in [0.2, 0.25) is 5.02 Å². The molecule has 0 aromatic carbocycles. The summed E-state index contributed by atoms with van der Waals surface area (Å²) in [5, 5.41) is 4.85. The predicted octanol–water partition coefficient (Wildman–Crippen LogP) is 4.81. The maximum Gasteiger partial charge on any atom is 0.418 e. The van der Waals surface area contributed by atoms with Gasteiger partial charge in [-0.1, -0.05) is 11.6 Å². The average Bonchev–Trinajstić information content (AvgIpc) is 3.36. The number of thiazole rings is 1. The Labute approximate surface area is 210 Å². The Balaban J connectivity index is 1.43. The first kappa shape index (κ1) is 25.1. The van der Waals surface area contributed by atoms with Gasteiger partial charge in [-0.15, -0.1) is 11.3 Å². The van der Waals surface area contributed by atoms with E-state index in [-0.39, 0.29) is 16.4 Å². The number of hydrogen-bond donors (Lipinski definition) is 2. The van der Waals surface area contributed by atoms with Crippen LogP contribution in [0.25, 0.3) is 11.3 Å². The summed E-state index contributed by atoms with van der Waals surface area (Å²) in [5.41, 5.74) is 0.246. The summed E-state index contributed by atoms with van der Waals surface area (Å²) < 4.78 is 39.1. The molecule has 0 spiro atoms. The number of aromatic nitrogens is 5. The van der Waals surface area contributed by atoms with E-state index in [1.165, 1.54) is 18.6 Å². The van der Waals surface area contributed by atoms with Crippen molar-refractivity contribution in [1.82, 2.24) is 30.2 Å². The van der Waals surface area contributed by atoms with E-state index in [2.05, 4.69) is 35.6 Å². The third kappa shape index (κ3) is 5.80. The molecule has 0 saturated carbocycles. The van der Waals surface area contributed by atoms with Crippen molar-refractivity contribution in [3.8, 4) is 11.3 Å². The summed E-state index contributed by atoms with van der Waals surface area (Å²) in [6, 6.07) is 5.12. The number of nitrogens with zero attached hydrogens (tertiary/aromatic N) is 5. The molecule has 0 aliphatic rings. The zero-order valence-electron chi connectivity index (χ0n) is 18.2. The molecule has 0 aliphatic heterocycles. The molecule has 36 heavy (non-hydrogen) atoms. The predicted molar refractivity (Wildman–Crippen MR) is 125 cm³/mol. The largest absolute Gasteiger partial charge is 0.418 e. The number of amides is 2. The van der Waals surface area contributed by atoms with Gasteiger partial charge >= 0.3 is 6.18 Å². The molecule has 4 aromatic rings. The number of pyridine rings is 2. The fraction of sp³-hybridized carbons (Fsp3) is 0.136. The molecule has 184 valence electrons. The van der Waals surface area contributed by atoms with Gasteiger partial charge in [-0.3, -0.25) is 14.6 Å². The summed E-state index contributed by atoms with van der Waals surface area (Å²) in [4.78, 5) is 45.3. The third-order valence-electron chi connectivity index (χ3n) is 4.72. The van der Waals surface area contributed by atoms with Crippen LogP contribution >= 0.6 is 22.9 Å². The molecule has 0 radical (unpaired) electrons. The van der Waals surface area contributed by atoms with Crippen molar-refractivity contribution in [2.45, 2.75) is 19.1 Å². The van der Waals surface area contributed by atoms with Crippen LogP contribution in [0.4, 0.5) is 19.0 Å². The number of nitrogens with one attached hydrogen (secondary N) is 2. The Morgan fingerprint density at radius 1 is 1.06 bits per heavy atom. The summed E-state index contributed by atoms with van der Waals surface area (Å²) in [5.74, 6) is -1.51. The molecule has 0 aliphatic carbocycles. The molecule has 0 unspecified atom stereocenters. The van der Waals surface area contributed by atoms with Crippen molar-refractivity contribution in [2.24, 2.45) is 0 Å². The van der Waals surface area contributed by atoms with E-state index in [0.717, 1.165) is 23.1 Å². The highest BCUT2D eigenvalue weighted by atomic mass is 35.5. The molecule has 4 heterocycles. The van der Waals surface area contributed by atoms with E-state index >= 15 is 0 Å². The number of hydrogen-bond acceptors (Lipinski definition) is 8. The Bertz CT molecular complexity index is 1420. The number of halogens is 4. The van der Waals surface area contributed by atoms with Gasteiger partial charge in [0.1, 0.15) is 27.7 Å². The Morgan fingerprint density at radius 3 is 2.58 bits per heavy atom. The molecule has 2 amide bonds. The Morgan fingerprint density at radius 2 is 1.86 bits per heavy atom. The zero-order chi connectivity index (χ0) is 25.9. The molecule has 9 nitrogen and oxygen atoms in total. The number of carbonyl (C=O) groups excluding carboxylic acids is 2. The smallest absolute Gasteiger partial charge is 0.342 e. The first-order chi connectivity index (χ1) is 17.1. The van der Waals surface area contributed by atoms with Crippen molar-refractivity contribution in [1.29, 1.82) is 0 Å². The molecule has 0 bridgehead atoms. The molecule has 0 fully saturated rings. The van der Waals surface area contributed by atoms with Crippen molar-refractivity contribution in [3.05, 3.63) is 81.5 Å². The molecule has 1 atom stereocenters.